The van der Waals surface area contributed by atoms with Crippen LogP contribution in [0.2, 0.25) is 0 Å². The van der Waals surface area contributed by atoms with Crippen molar-refractivity contribution in [2.45, 2.75) is 33.2 Å². The van der Waals surface area contributed by atoms with Crippen molar-refractivity contribution < 1.29 is 14.3 Å². The number of nitrogens with two attached hydrogens (primary N) is 1. The molecule has 3 aromatic rings. The Morgan fingerprint density at radius 1 is 1.19 bits per heavy atom. The molecule has 31 heavy (non-hydrogen) atoms. The van der Waals surface area contributed by atoms with Gasteiger partial charge in [-0.05, 0) is 50.1 Å². The Morgan fingerprint density at radius 3 is 2.71 bits per heavy atom. The second-order valence-electron chi connectivity index (χ2n) is 7.48. The summed E-state index contributed by atoms with van der Waals surface area (Å²) >= 11 is 0. The molecule has 1 aliphatic rings. The van der Waals surface area contributed by atoms with E-state index < -0.39 is 5.91 Å². The number of amides is 1. The van der Waals surface area contributed by atoms with Crippen molar-refractivity contribution in [2.24, 2.45) is 5.73 Å². The molecular formula is C24H28N4O3. The third kappa shape index (κ3) is 4.41. The maximum atomic E-state index is 11.8. The Morgan fingerprint density at radius 2 is 1.97 bits per heavy atom. The first-order chi connectivity index (χ1) is 15.1. The Labute approximate surface area is 181 Å². The van der Waals surface area contributed by atoms with Crippen molar-refractivity contribution >= 4 is 28.2 Å². The zero-order valence-electron chi connectivity index (χ0n) is 18.0. The molecule has 0 atom stereocenters. The van der Waals surface area contributed by atoms with Gasteiger partial charge in [-0.15, -0.1) is 0 Å². The molecule has 7 heteroatoms. The summed E-state index contributed by atoms with van der Waals surface area (Å²) in [4.78, 5) is 16.3. The molecule has 0 saturated carbocycles. The zero-order chi connectivity index (χ0) is 21.8. The summed E-state index contributed by atoms with van der Waals surface area (Å²) < 4.78 is 11.6. The monoisotopic (exact) mass is 420 g/mol. The van der Waals surface area contributed by atoms with Gasteiger partial charge in [0.1, 0.15) is 0 Å². The van der Waals surface area contributed by atoms with E-state index in [-0.39, 0.29) is 6.42 Å². The summed E-state index contributed by atoms with van der Waals surface area (Å²) in [6.07, 6.45) is 2.74. The average Bonchev–Trinajstić information content (AvgIpc) is 2.76. The van der Waals surface area contributed by atoms with E-state index in [0.717, 1.165) is 47.4 Å². The minimum atomic E-state index is -0.403. The molecule has 7 nitrogen and oxygen atoms in total. The molecular weight excluding hydrogens is 392 g/mol. The number of pyridine rings is 1. The lowest BCUT2D eigenvalue weighted by Crippen LogP contribution is -2.24. The van der Waals surface area contributed by atoms with Gasteiger partial charge in [0.2, 0.25) is 5.91 Å². The Hall–Kier alpha value is -3.32. The molecule has 1 amide bonds. The van der Waals surface area contributed by atoms with Crippen LogP contribution in [0.25, 0.3) is 10.9 Å². The van der Waals surface area contributed by atoms with Gasteiger partial charge in [-0.3, -0.25) is 9.78 Å². The van der Waals surface area contributed by atoms with Gasteiger partial charge in [0.15, 0.2) is 11.5 Å². The fourth-order valence-corrected chi connectivity index (χ4v) is 4.03. The number of nitrogens with zero attached hydrogens (tertiary/aromatic N) is 1. The predicted molar refractivity (Wildman–Crippen MR) is 122 cm³/mol. The molecule has 1 aromatic heterocycles. The molecule has 0 spiro atoms. The van der Waals surface area contributed by atoms with Crippen LogP contribution in [0.5, 0.6) is 11.5 Å². The quantitative estimate of drug-likeness (QED) is 0.516. The van der Waals surface area contributed by atoms with Crippen LogP contribution in [0, 0.1) is 0 Å². The first-order valence-electron chi connectivity index (χ1n) is 10.7. The standard InChI is InChI=1S/C24H28N4O3/c1-3-30-21-11-18-20(12-22(21)31-4-2)27-14-16(10-23(25)29)24(18)28-19-7-5-6-15-13-26-9-8-17(15)19/h5-7,11-12,14,26H,3-4,8-10,13H2,1-2H3,(H2,25,29)(H,27,28). The number of benzene rings is 2. The number of carbonyl (C=O) groups excluding carboxylic acids is 1. The summed E-state index contributed by atoms with van der Waals surface area (Å²) in [6.45, 7) is 6.70. The molecule has 0 radical (unpaired) electrons. The highest BCUT2D eigenvalue weighted by molar-refractivity contribution is 5.98. The summed E-state index contributed by atoms with van der Waals surface area (Å²) in [7, 11) is 0. The van der Waals surface area contributed by atoms with Gasteiger partial charge in [-0.25, -0.2) is 0 Å². The maximum Gasteiger partial charge on any atom is 0.221 e. The first kappa shape index (κ1) is 20.9. The highest BCUT2D eigenvalue weighted by Gasteiger charge is 2.18. The number of rotatable bonds is 8. The number of ether oxygens (including phenoxy) is 2. The van der Waals surface area contributed by atoms with Crippen LogP contribution in [-0.4, -0.2) is 30.6 Å². The fourth-order valence-electron chi connectivity index (χ4n) is 4.03. The molecule has 2 heterocycles. The minimum Gasteiger partial charge on any atom is -0.490 e. The largest absolute Gasteiger partial charge is 0.490 e. The summed E-state index contributed by atoms with van der Waals surface area (Å²) in [5, 5.41) is 7.87. The number of hydrogen-bond donors (Lipinski definition) is 3. The fraction of sp³-hybridized carbons (Fsp3) is 0.333. The van der Waals surface area contributed by atoms with Crippen LogP contribution < -0.4 is 25.8 Å². The lowest BCUT2D eigenvalue weighted by molar-refractivity contribution is -0.117. The minimum absolute atomic E-state index is 0.0963. The van der Waals surface area contributed by atoms with E-state index >= 15 is 0 Å². The highest BCUT2D eigenvalue weighted by Crippen LogP contribution is 2.38. The van der Waals surface area contributed by atoms with Crippen molar-refractivity contribution in [3.8, 4) is 11.5 Å². The Balaban J connectivity index is 1.88. The predicted octanol–water partition coefficient (Wildman–Crippen LogP) is 3.45. The van der Waals surface area contributed by atoms with Crippen LogP contribution >= 0.6 is 0 Å². The van der Waals surface area contributed by atoms with E-state index in [0.29, 0.717) is 24.7 Å². The van der Waals surface area contributed by atoms with Crippen molar-refractivity contribution in [3.63, 3.8) is 0 Å². The number of anilines is 2. The van der Waals surface area contributed by atoms with Crippen LogP contribution in [-0.2, 0) is 24.2 Å². The second kappa shape index (κ2) is 9.22. The number of carbonyl (C=O) groups is 1. The third-order valence-corrected chi connectivity index (χ3v) is 5.38. The molecule has 162 valence electrons. The number of nitrogens with one attached hydrogen (secondary N) is 2. The molecule has 4 N–H and O–H groups in total. The molecule has 1 aliphatic heterocycles. The number of hydrogen-bond acceptors (Lipinski definition) is 6. The van der Waals surface area contributed by atoms with Crippen molar-refractivity contribution in [2.75, 3.05) is 25.1 Å². The summed E-state index contributed by atoms with van der Waals surface area (Å²) in [5.74, 6) is 0.901. The van der Waals surface area contributed by atoms with E-state index in [2.05, 4.69) is 27.8 Å². The summed E-state index contributed by atoms with van der Waals surface area (Å²) in [6, 6.07) is 10.1. The lowest BCUT2D eigenvalue weighted by atomic mass is 9.98. The molecule has 0 unspecified atom stereocenters. The zero-order valence-corrected chi connectivity index (χ0v) is 18.0. The molecule has 0 saturated heterocycles. The van der Waals surface area contributed by atoms with Gasteiger partial charge in [0.05, 0.1) is 30.8 Å². The van der Waals surface area contributed by atoms with Crippen LogP contribution in [0.1, 0.15) is 30.5 Å². The van der Waals surface area contributed by atoms with Crippen LogP contribution in [0.4, 0.5) is 11.4 Å². The highest BCUT2D eigenvalue weighted by atomic mass is 16.5. The van der Waals surface area contributed by atoms with Gasteiger partial charge in [-0.1, -0.05) is 12.1 Å². The van der Waals surface area contributed by atoms with Crippen LogP contribution in [0.3, 0.4) is 0 Å². The number of fused-ring (bicyclic) bond motifs is 2. The van der Waals surface area contributed by atoms with Crippen molar-refractivity contribution in [1.29, 1.82) is 0 Å². The van der Waals surface area contributed by atoms with Crippen molar-refractivity contribution in [1.82, 2.24) is 10.3 Å². The van der Waals surface area contributed by atoms with E-state index in [9.17, 15) is 4.79 Å². The Kier molecular flexibility index (Phi) is 6.23. The van der Waals surface area contributed by atoms with E-state index in [1.165, 1.54) is 11.1 Å². The smallest absolute Gasteiger partial charge is 0.221 e. The van der Waals surface area contributed by atoms with Gasteiger partial charge >= 0.3 is 0 Å². The van der Waals surface area contributed by atoms with E-state index in [1.54, 1.807) is 6.20 Å². The lowest BCUT2D eigenvalue weighted by Gasteiger charge is -2.23. The van der Waals surface area contributed by atoms with Gasteiger partial charge in [0.25, 0.3) is 0 Å². The first-order valence-corrected chi connectivity index (χ1v) is 10.7. The number of aromatic nitrogens is 1. The topological polar surface area (TPSA) is 98.5 Å². The summed E-state index contributed by atoms with van der Waals surface area (Å²) in [5.41, 5.74) is 11.5. The Bertz CT molecular complexity index is 1110. The molecule has 4 rings (SSSR count). The van der Waals surface area contributed by atoms with Gasteiger partial charge in [0, 0.05) is 35.4 Å². The molecule has 0 fully saturated rings. The van der Waals surface area contributed by atoms with E-state index in [4.69, 9.17) is 15.2 Å². The van der Waals surface area contributed by atoms with Crippen LogP contribution in [0.15, 0.2) is 36.5 Å². The second-order valence-corrected chi connectivity index (χ2v) is 7.48. The van der Waals surface area contributed by atoms with Gasteiger partial charge < -0.3 is 25.8 Å². The third-order valence-electron chi connectivity index (χ3n) is 5.38. The molecule has 0 bridgehead atoms. The number of primary amides is 1. The molecule has 0 aliphatic carbocycles. The average molecular weight is 421 g/mol. The SMILES string of the molecule is CCOc1cc2ncc(CC(N)=O)c(Nc3cccc4c3CCNC4)c2cc1OCC. The van der Waals surface area contributed by atoms with Gasteiger partial charge in [-0.2, -0.15) is 0 Å². The maximum absolute atomic E-state index is 11.8. The normalized spacial score (nSPS) is 13.0. The molecule has 2 aromatic carbocycles. The van der Waals surface area contributed by atoms with E-state index in [1.807, 2.05) is 32.0 Å². The van der Waals surface area contributed by atoms with Crippen molar-refractivity contribution in [3.05, 3.63) is 53.2 Å².